The Hall–Kier alpha value is -1.93. The smallest absolute Gasteiger partial charge is 0.211 e. The van der Waals surface area contributed by atoms with Gasteiger partial charge in [0.1, 0.15) is 0 Å². The van der Waals surface area contributed by atoms with Gasteiger partial charge in [-0.25, -0.2) is 4.68 Å². The van der Waals surface area contributed by atoms with Gasteiger partial charge in [-0.1, -0.05) is 17.7 Å². The summed E-state index contributed by atoms with van der Waals surface area (Å²) in [4.78, 5) is 0.648. The van der Waals surface area contributed by atoms with Crippen molar-refractivity contribution in [3.05, 3.63) is 46.6 Å². The van der Waals surface area contributed by atoms with Gasteiger partial charge in [-0.3, -0.25) is 0 Å². The Kier molecular flexibility index (Phi) is 3.42. The van der Waals surface area contributed by atoms with Gasteiger partial charge in [0.25, 0.3) is 0 Å². The number of aromatic nitrogens is 4. The van der Waals surface area contributed by atoms with E-state index >= 15 is 0 Å². The Morgan fingerprint density at radius 1 is 1.14 bits per heavy atom. The van der Waals surface area contributed by atoms with Crippen LogP contribution in [0.5, 0.6) is 0 Å². The van der Waals surface area contributed by atoms with E-state index in [4.69, 9.17) is 11.6 Å². The van der Waals surface area contributed by atoms with Crippen molar-refractivity contribution in [3.63, 3.8) is 0 Å². The fourth-order valence-electron chi connectivity index (χ4n) is 1.72. The van der Waals surface area contributed by atoms with Gasteiger partial charge in [0.15, 0.2) is 16.7 Å². The van der Waals surface area contributed by atoms with E-state index in [0.717, 1.165) is 10.7 Å². The SMILES string of the molecule is FC(F)(F)c1cc(-c2cccs2)n(-c2ccc(Cl)nn2)n1. The van der Waals surface area contributed by atoms with Crippen LogP contribution in [-0.2, 0) is 6.18 Å². The van der Waals surface area contributed by atoms with Crippen molar-refractivity contribution < 1.29 is 13.2 Å². The third-order valence-corrected chi connectivity index (χ3v) is 3.70. The minimum absolute atomic E-state index is 0.152. The molecule has 3 aromatic rings. The summed E-state index contributed by atoms with van der Waals surface area (Å²) in [6.07, 6.45) is -4.53. The maximum Gasteiger partial charge on any atom is 0.435 e. The molecule has 3 heterocycles. The Balaban J connectivity index is 2.18. The molecule has 0 atom stereocenters. The second kappa shape index (κ2) is 5.12. The molecule has 3 rings (SSSR count). The summed E-state index contributed by atoms with van der Waals surface area (Å²) in [5, 5.41) is 12.9. The number of hydrogen-bond acceptors (Lipinski definition) is 4. The second-order valence-electron chi connectivity index (χ2n) is 4.02. The summed E-state index contributed by atoms with van der Waals surface area (Å²) in [7, 11) is 0. The first-order valence-electron chi connectivity index (χ1n) is 5.66. The molecule has 0 saturated heterocycles. The van der Waals surface area contributed by atoms with Crippen LogP contribution < -0.4 is 0 Å². The molecule has 0 amide bonds. The minimum Gasteiger partial charge on any atom is -0.211 e. The predicted molar refractivity (Wildman–Crippen MR) is 72.5 cm³/mol. The molecular formula is C12H6ClF3N4S. The van der Waals surface area contributed by atoms with Gasteiger partial charge < -0.3 is 0 Å². The van der Waals surface area contributed by atoms with E-state index in [1.807, 2.05) is 0 Å². The molecule has 9 heteroatoms. The molecule has 0 aliphatic heterocycles. The van der Waals surface area contributed by atoms with Crippen molar-refractivity contribution in [2.75, 3.05) is 0 Å². The molecule has 108 valence electrons. The van der Waals surface area contributed by atoms with E-state index in [1.165, 1.54) is 23.5 Å². The highest BCUT2D eigenvalue weighted by Crippen LogP contribution is 2.34. The third-order valence-electron chi connectivity index (χ3n) is 2.61. The highest BCUT2D eigenvalue weighted by Gasteiger charge is 2.35. The van der Waals surface area contributed by atoms with Crippen LogP contribution in [-0.4, -0.2) is 20.0 Å². The predicted octanol–water partition coefficient (Wildman–Crippen LogP) is 4.06. The van der Waals surface area contributed by atoms with Crippen molar-refractivity contribution in [2.45, 2.75) is 6.18 Å². The standard InChI is InChI=1S/C12H6ClF3N4S/c13-10-3-4-11(18-17-10)20-7(8-2-1-5-21-8)6-9(19-20)12(14,15)16/h1-6H. The first-order valence-corrected chi connectivity index (χ1v) is 6.91. The Bertz CT molecular complexity index is 750. The van der Waals surface area contributed by atoms with E-state index in [9.17, 15) is 13.2 Å². The zero-order chi connectivity index (χ0) is 15.0. The number of alkyl halides is 3. The van der Waals surface area contributed by atoms with Crippen molar-refractivity contribution >= 4 is 22.9 Å². The highest BCUT2D eigenvalue weighted by atomic mass is 35.5. The molecule has 3 aromatic heterocycles. The number of thiophene rings is 1. The molecule has 0 N–H and O–H groups in total. The van der Waals surface area contributed by atoms with E-state index < -0.39 is 11.9 Å². The number of nitrogens with zero attached hydrogens (tertiary/aromatic N) is 4. The fourth-order valence-corrected chi connectivity index (χ4v) is 2.54. The van der Waals surface area contributed by atoms with Crippen LogP contribution in [0.2, 0.25) is 5.15 Å². The van der Waals surface area contributed by atoms with Gasteiger partial charge in [-0.15, -0.1) is 21.5 Å². The van der Waals surface area contributed by atoms with E-state index in [2.05, 4.69) is 15.3 Å². The Labute approximate surface area is 125 Å². The molecule has 0 saturated carbocycles. The normalized spacial score (nSPS) is 11.8. The lowest BCUT2D eigenvalue weighted by atomic mass is 10.3. The molecule has 21 heavy (non-hydrogen) atoms. The fraction of sp³-hybridized carbons (Fsp3) is 0.0833. The van der Waals surface area contributed by atoms with Gasteiger partial charge in [0, 0.05) is 0 Å². The lowest BCUT2D eigenvalue weighted by molar-refractivity contribution is -0.141. The lowest BCUT2D eigenvalue weighted by Gasteiger charge is -2.04. The molecule has 0 aliphatic carbocycles. The number of halogens is 4. The van der Waals surface area contributed by atoms with Crippen molar-refractivity contribution in [2.24, 2.45) is 0 Å². The number of hydrogen-bond donors (Lipinski definition) is 0. The largest absolute Gasteiger partial charge is 0.435 e. The second-order valence-corrected chi connectivity index (χ2v) is 5.35. The van der Waals surface area contributed by atoms with Crippen LogP contribution in [0.3, 0.4) is 0 Å². The molecule has 4 nitrogen and oxygen atoms in total. The molecule has 0 spiro atoms. The lowest BCUT2D eigenvalue weighted by Crippen LogP contribution is -2.08. The Morgan fingerprint density at radius 2 is 1.95 bits per heavy atom. The molecule has 0 unspecified atom stereocenters. The molecular weight excluding hydrogens is 325 g/mol. The van der Waals surface area contributed by atoms with Gasteiger partial charge in [-0.2, -0.15) is 18.3 Å². The van der Waals surface area contributed by atoms with Crippen LogP contribution in [0.1, 0.15) is 5.69 Å². The molecule has 0 aromatic carbocycles. The van der Waals surface area contributed by atoms with Crippen LogP contribution in [0.4, 0.5) is 13.2 Å². The van der Waals surface area contributed by atoms with Crippen LogP contribution in [0.25, 0.3) is 16.4 Å². The maximum absolute atomic E-state index is 12.9. The van der Waals surface area contributed by atoms with Crippen LogP contribution >= 0.6 is 22.9 Å². The summed E-state index contributed by atoms with van der Waals surface area (Å²) < 4.78 is 39.7. The third kappa shape index (κ3) is 2.77. The summed E-state index contributed by atoms with van der Waals surface area (Å²) in [6, 6.07) is 7.35. The van der Waals surface area contributed by atoms with Gasteiger partial charge in [0.05, 0.1) is 10.6 Å². The zero-order valence-electron chi connectivity index (χ0n) is 10.2. The first kappa shape index (κ1) is 14.0. The molecule has 0 aliphatic rings. The van der Waals surface area contributed by atoms with E-state index in [0.29, 0.717) is 10.6 Å². The molecule has 0 radical (unpaired) electrons. The summed E-state index contributed by atoms with van der Waals surface area (Å²) >= 11 is 6.94. The van der Waals surface area contributed by atoms with Crippen molar-refractivity contribution in [3.8, 4) is 16.4 Å². The molecule has 0 bridgehead atoms. The molecule has 0 fully saturated rings. The summed E-state index contributed by atoms with van der Waals surface area (Å²) in [5.74, 6) is 0.165. The van der Waals surface area contributed by atoms with Gasteiger partial charge in [0.2, 0.25) is 0 Å². The number of rotatable bonds is 2. The van der Waals surface area contributed by atoms with Crippen molar-refractivity contribution in [1.82, 2.24) is 20.0 Å². The Morgan fingerprint density at radius 3 is 2.52 bits per heavy atom. The van der Waals surface area contributed by atoms with Gasteiger partial charge >= 0.3 is 6.18 Å². The average molecular weight is 331 g/mol. The average Bonchev–Trinajstić information content (AvgIpc) is 3.07. The van der Waals surface area contributed by atoms with Crippen molar-refractivity contribution in [1.29, 1.82) is 0 Å². The zero-order valence-corrected chi connectivity index (χ0v) is 11.7. The highest BCUT2D eigenvalue weighted by molar-refractivity contribution is 7.13. The maximum atomic E-state index is 12.9. The minimum atomic E-state index is -4.53. The van der Waals surface area contributed by atoms with Crippen LogP contribution in [0.15, 0.2) is 35.7 Å². The first-order chi connectivity index (χ1) is 9.95. The summed E-state index contributed by atoms with van der Waals surface area (Å²) in [5.41, 5.74) is -0.684. The van der Waals surface area contributed by atoms with Crippen LogP contribution in [0, 0.1) is 0 Å². The topological polar surface area (TPSA) is 43.6 Å². The monoisotopic (exact) mass is 330 g/mol. The van der Waals surface area contributed by atoms with E-state index in [-0.39, 0.29) is 11.0 Å². The van der Waals surface area contributed by atoms with Gasteiger partial charge in [-0.05, 0) is 29.6 Å². The quantitative estimate of drug-likeness (QED) is 0.711. The summed E-state index contributed by atoms with van der Waals surface area (Å²) in [6.45, 7) is 0. The van der Waals surface area contributed by atoms with E-state index in [1.54, 1.807) is 17.5 Å².